The average Bonchev–Trinajstić information content (AvgIpc) is 3.25. The van der Waals surface area contributed by atoms with Gasteiger partial charge >= 0.3 is 0 Å². The Morgan fingerprint density at radius 2 is 1.71 bits per heavy atom. The van der Waals surface area contributed by atoms with E-state index in [1.807, 2.05) is 0 Å². The number of benzene rings is 1. The first kappa shape index (κ1) is 13.3. The molecule has 4 heteroatoms. The van der Waals surface area contributed by atoms with Gasteiger partial charge in [-0.05, 0) is 44.9 Å². The van der Waals surface area contributed by atoms with E-state index in [9.17, 15) is 0 Å². The first-order chi connectivity index (χ1) is 10.2. The molecule has 0 bridgehead atoms. The van der Waals surface area contributed by atoms with Crippen molar-refractivity contribution in [2.24, 2.45) is 5.73 Å². The van der Waals surface area contributed by atoms with Crippen LogP contribution in [0.3, 0.4) is 0 Å². The molecule has 1 aliphatic carbocycles. The SMILES string of the molecule is COc1c2c(c(CC3(N)CC3)c3c1OCCC3)OCCC2. The highest BCUT2D eigenvalue weighted by Gasteiger charge is 2.41. The Balaban J connectivity index is 1.90. The van der Waals surface area contributed by atoms with Gasteiger partial charge in [0.2, 0.25) is 0 Å². The maximum atomic E-state index is 6.39. The molecule has 1 aromatic rings. The summed E-state index contributed by atoms with van der Waals surface area (Å²) in [6, 6.07) is 0. The fraction of sp³-hybridized carbons (Fsp3) is 0.647. The van der Waals surface area contributed by atoms with Gasteiger partial charge in [-0.25, -0.2) is 0 Å². The summed E-state index contributed by atoms with van der Waals surface area (Å²) in [6.45, 7) is 1.57. The molecule has 1 aromatic carbocycles. The minimum Gasteiger partial charge on any atom is -0.493 e. The molecule has 0 saturated heterocycles. The summed E-state index contributed by atoms with van der Waals surface area (Å²) < 4.78 is 17.7. The van der Waals surface area contributed by atoms with Crippen molar-refractivity contribution in [3.05, 3.63) is 16.7 Å². The Bertz CT molecular complexity index is 541. The molecule has 114 valence electrons. The lowest BCUT2D eigenvalue weighted by Crippen LogP contribution is -2.27. The molecule has 3 aliphatic rings. The summed E-state index contributed by atoms with van der Waals surface area (Å²) in [5, 5.41) is 0. The minimum atomic E-state index is -0.0195. The molecule has 0 radical (unpaired) electrons. The highest BCUT2D eigenvalue weighted by Crippen LogP contribution is 2.50. The quantitative estimate of drug-likeness (QED) is 0.928. The summed E-state index contributed by atoms with van der Waals surface area (Å²) in [6.07, 6.45) is 7.26. The molecule has 0 amide bonds. The molecule has 0 aromatic heterocycles. The lowest BCUT2D eigenvalue weighted by atomic mass is 9.88. The summed E-state index contributed by atoms with van der Waals surface area (Å²) in [4.78, 5) is 0. The molecule has 4 rings (SSSR count). The summed E-state index contributed by atoms with van der Waals surface area (Å²) in [5.41, 5.74) is 10.1. The van der Waals surface area contributed by atoms with Crippen LogP contribution in [0, 0.1) is 0 Å². The van der Waals surface area contributed by atoms with Crippen molar-refractivity contribution in [2.45, 2.75) is 50.5 Å². The number of hydrogen-bond donors (Lipinski definition) is 1. The molecule has 21 heavy (non-hydrogen) atoms. The van der Waals surface area contributed by atoms with Gasteiger partial charge in [0.15, 0.2) is 11.5 Å². The molecule has 0 unspecified atom stereocenters. The van der Waals surface area contributed by atoms with Gasteiger partial charge in [-0.2, -0.15) is 0 Å². The van der Waals surface area contributed by atoms with Crippen molar-refractivity contribution in [3.63, 3.8) is 0 Å². The van der Waals surface area contributed by atoms with Crippen LogP contribution in [0.5, 0.6) is 17.2 Å². The monoisotopic (exact) mass is 289 g/mol. The Labute approximate surface area is 125 Å². The predicted octanol–water partition coefficient (Wildman–Crippen LogP) is 2.38. The first-order valence-corrected chi connectivity index (χ1v) is 8.01. The molecule has 1 fully saturated rings. The number of fused-ring (bicyclic) bond motifs is 2. The highest BCUT2D eigenvalue weighted by atomic mass is 16.5. The van der Waals surface area contributed by atoms with Crippen LogP contribution in [-0.4, -0.2) is 25.9 Å². The number of ether oxygens (including phenoxy) is 3. The Kier molecular flexibility index (Phi) is 3.03. The molecule has 2 heterocycles. The molecule has 4 nitrogen and oxygen atoms in total. The van der Waals surface area contributed by atoms with Crippen molar-refractivity contribution < 1.29 is 14.2 Å². The van der Waals surface area contributed by atoms with Crippen LogP contribution in [0.1, 0.15) is 42.4 Å². The van der Waals surface area contributed by atoms with Crippen LogP contribution >= 0.6 is 0 Å². The minimum absolute atomic E-state index is 0.0195. The number of methoxy groups -OCH3 is 1. The van der Waals surface area contributed by atoms with E-state index in [1.54, 1.807) is 7.11 Å². The predicted molar refractivity (Wildman–Crippen MR) is 80.5 cm³/mol. The van der Waals surface area contributed by atoms with Crippen molar-refractivity contribution in [2.75, 3.05) is 20.3 Å². The second-order valence-electron chi connectivity index (χ2n) is 6.57. The number of rotatable bonds is 3. The van der Waals surface area contributed by atoms with E-state index < -0.39 is 0 Å². The number of nitrogens with two attached hydrogens (primary N) is 1. The third-order valence-electron chi connectivity index (χ3n) is 4.93. The van der Waals surface area contributed by atoms with Crippen molar-refractivity contribution >= 4 is 0 Å². The average molecular weight is 289 g/mol. The Hall–Kier alpha value is -1.42. The molecule has 2 aliphatic heterocycles. The highest BCUT2D eigenvalue weighted by molar-refractivity contribution is 5.64. The van der Waals surface area contributed by atoms with Crippen LogP contribution in [0.25, 0.3) is 0 Å². The Morgan fingerprint density at radius 1 is 1.05 bits per heavy atom. The van der Waals surface area contributed by atoms with E-state index in [2.05, 4.69) is 0 Å². The van der Waals surface area contributed by atoms with Crippen LogP contribution in [0.4, 0.5) is 0 Å². The standard InChI is InChI=1S/C17H23NO3/c1-19-15-12-5-3-8-20-14(12)13(10-17(18)6-7-17)11-4-2-9-21-16(11)15/h2-10,18H2,1H3. The first-order valence-electron chi connectivity index (χ1n) is 8.01. The van der Waals surface area contributed by atoms with E-state index in [-0.39, 0.29) is 5.54 Å². The van der Waals surface area contributed by atoms with Gasteiger partial charge in [0, 0.05) is 22.2 Å². The van der Waals surface area contributed by atoms with Gasteiger partial charge < -0.3 is 19.9 Å². The second-order valence-corrected chi connectivity index (χ2v) is 6.57. The molecule has 2 N–H and O–H groups in total. The lowest BCUT2D eigenvalue weighted by Gasteiger charge is -2.30. The normalized spacial score (nSPS) is 21.6. The zero-order valence-corrected chi connectivity index (χ0v) is 12.7. The van der Waals surface area contributed by atoms with E-state index in [0.717, 1.165) is 75.4 Å². The lowest BCUT2D eigenvalue weighted by molar-refractivity contribution is 0.249. The van der Waals surface area contributed by atoms with Crippen LogP contribution in [-0.2, 0) is 19.3 Å². The third kappa shape index (κ3) is 2.16. The molecular formula is C17H23NO3. The van der Waals surface area contributed by atoms with Gasteiger partial charge in [-0.3, -0.25) is 0 Å². The van der Waals surface area contributed by atoms with E-state index >= 15 is 0 Å². The molecular weight excluding hydrogens is 266 g/mol. The van der Waals surface area contributed by atoms with Gasteiger partial charge in [0.1, 0.15) is 5.75 Å². The van der Waals surface area contributed by atoms with Crippen LogP contribution in [0.15, 0.2) is 0 Å². The van der Waals surface area contributed by atoms with Crippen molar-refractivity contribution in [1.82, 2.24) is 0 Å². The maximum Gasteiger partial charge on any atom is 0.167 e. The largest absolute Gasteiger partial charge is 0.493 e. The smallest absolute Gasteiger partial charge is 0.167 e. The second kappa shape index (κ2) is 4.80. The summed E-state index contributed by atoms with van der Waals surface area (Å²) in [5.74, 6) is 2.89. The fourth-order valence-electron chi connectivity index (χ4n) is 3.59. The van der Waals surface area contributed by atoms with Gasteiger partial charge in [-0.15, -0.1) is 0 Å². The maximum absolute atomic E-state index is 6.39. The van der Waals surface area contributed by atoms with Crippen LogP contribution < -0.4 is 19.9 Å². The molecule has 0 atom stereocenters. The molecule has 1 saturated carbocycles. The summed E-state index contributed by atoms with van der Waals surface area (Å²) in [7, 11) is 1.73. The zero-order chi connectivity index (χ0) is 14.4. The number of hydrogen-bond acceptors (Lipinski definition) is 4. The van der Waals surface area contributed by atoms with Gasteiger partial charge in [0.05, 0.1) is 20.3 Å². The van der Waals surface area contributed by atoms with E-state index in [1.165, 1.54) is 16.7 Å². The van der Waals surface area contributed by atoms with Crippen LogP contribution in [0.2, 0.25) is 0 Å². The van der Waals surface area contributed by atoms with Crippen molar-refractivity contribution in [1.29, 1.82) is 0 Å². The fourth-order valence-corrected chi connectivity index (χ4v) is 3.59. The topological polar surface area (TPSA) is 53.7 Å². The van der Waals surface area contributed by atoms with Gasteiger partial charge in [-0.1, -0.05) is 0 Å². The van der Waals surface area contributed by atoms with Gasteiger partial charge in [0.25, 0.3) is 0 Å². The molecule has 0 spiro atoms. The summed E-state index contributed by atoms with van der Waals surface area (Å²) >= 11 is 0. The van der Waals surface area contributed by atoms with Crippen molar-refractivity contribution in [3.8, 4) is 17.2 Å². The van der Waals surface area contributed by atoms with E-state index in [4.69, 9.17) is 19.9 Å². The van der Waals surface area contributed by atoms with E-state index in [0.29, 0.717) is 0 Å². The zero-order valence-electron chi connectivity index (χ0n) is 12.7. The third-order valence-corrected chi connectivity index (χ3v) is 4.93. The Morgan fingerprint density at radius 3 is 2.38 bits per heavy atom.